The van der Waals surface area contributed by atoms with Gasteiger partial charge in [0, 0.05) is 11.8 Å². The topological polar surface area (TPSA) is 43.8 Å². The van der Waals surface area contributed by atoms with Crippen molar-refractivity contribution in [1.82, 2.24) is 9.78 Å². The number of aryl methyl sites for hydroxylation is 2. The highest BCUT2D eigenvalue weighted by molar-refractivity contribution is 5.31. The van der Waals surface area contributed by atoms with Crippen molar-refractivity contribution >= 4 is 5.82 Å². The molecule has 0 aliphatic carbocycles. The molecule has 0 aliphatic heterocycles. The molecule has 2 aromatic rings. The summed E-state index contributed by atoms with van der Waals surface area (Å²) in [5.74, 6) is 0.602. The maximum Gasteiger partial charge on any atom is 0.145 e. The third-order valence-electron chi connectivity index (χ3n) is 2.83. The molecule has 0 radical (unpaired) electrons. The van der Waals surface area contributed by atoms with Crippen molar-refractivity contribution in [3.05, 3.63) is 47.2 Å². The van der Waals surface area contributed by atoms with Crippen molar-refractivity contribution in [3.63, 3.8) is 0 Å². The number of nitrogens with zero attached hydrogens (tertiary/aromatic N) is 2. The molecule has 16 heavy (non-hydrogen) atoms. The van der Waals surface area contributed by atoms with Crippen LogP contribution in [0.25, 0.3) is 0 Å². The number of hydrogen-bond donors (Lipinski definition) is 1. The molecule has 1 heterocycles. The van der Waals surface area contributed by atoms with E-state index in [2.05, 4.69) is 43.2 Å². The summed E-state index contributed by atoms with van der Waals surface area (Å²) in [6.07, 6.45) is 0.954. The smallest absolute Gasteiger partial charge is 0.145 e. The van der Waals surface area contributed by atoms with Crippen LogP contribution in [0.4, 0.5) is 5.82 Å². The summed E-state index contributed by atoms with van der Waals surface area (Å²) in [6.45, 7) is 5.03. The van der Waals surface area contributed by atoms with Crippen LogP contribution in [-0.4, -0.2) is 9.78 Å². The van der Waals surface area contributed by atoms with E-state index in [1.807, 2.05) is 10.7 Å². The van der Waals surface area contributed by atoms with Crippen LogP contribution in [0.2, 0.25) is 0 Å². The number of nitrogen functional groups attached to an aromatic ring is 1. The van der Waals surface area contributed by atoms with Gasteiger partial charge in [-0.3, -0.25) is 4.68 Å². The molecule has 0 spiro atoms. The van der Waals surface area contributed by atoms with Crippen LogP contribution >= 0.6 is 0 Å². The van der Waals surface area contributed by atoms with Crippen molar-refractivity contribution in [2.45, 2.75) is 26.8 Å². The Labute approximate surface area is 95.9 Å². The Morgan fingerprint density at radius 3 is 2.75 bits per heavy atom. The highest BCUT2D eigenvalue weighted by Gasteiger charge is 2.05. The predicted molar refractivity (Wildman–Crippen MR) is 66.3 cm³/mol. The first-order chi connectivity index (χ1) is 7.70. The molecule has 0 aliphatic rings. The first-order valence-corrected chi connectivity index (χ1v) is 5.57. The minimum Gasteiger partial charge on any atom is -0.382 e. The minimum absolute atomic E-state index is 0.602. The van der Waals surface area contributed by atoms with E-state index in [4.69, 9.17) is 5.73 Å². The summed E-state index contributed by atoms with van der Waals surface area (Å²) in [5, 5.41) is 4.31. The highest BCUT2D eigenvalue weighted by Crippen LogP contribution is 2.13. The summed E-state index contributed by atoms with van der Waals surface area (Å²) in [6, 6.07) is 10.3. The first-order valence-electron chi connectivity index (χ1n) is 5.57. The van der Waals surface area contributed by atoms with E-state index in [0.29, 0.717) is 5.82 Å². The molecule has 2 rings (SSSR count). The monoisotopic (exact) mass is 215 g/mol. The molecule has 3 nitrogen and oxygen atoms in total. The first kappa shape index (κ1) is 10.7. The Morgan fingerprint density at radius 1 is 1.31 bits per heavy atom. The SMILES string of the molecule is CCc1cc(N)nn1Cc1ccccc1C. The van der Waals surface area contributed by atoms with Crippen LogP contribution in [0.15, 0.2) is 30.3 Å². The van der Waals surface area contributed by atoms with E-state index in [0.717, 1.165) is 13.0 Å². The second-order valence-corrected chi connectivity index (χ2v) is 4.00. The molecule has 0 unspecified atom stereocenters. The fourth-order valence-corrected chi connectivity index (χ4v) is 1.85. The van der Waals surface area contributed by atoms with E-state index in [9.17, 15) is 0 Å². The van der Waals surface area contributed by atoms with Crippen molar-refractivity contribution in [2.24, 2.45) is 0 Å². The van der Waals surface area contributed by atoms with Gasteiger partial charge in [-0.2, -0.15) is 5.10 Å². The van der Waals surface area contributed by atoms with Gasteiger partial charge in [-0.15, -0.1) is 0 Å². The molecule has 2 N–H and O–H groups in total. The lowest BCUT2D eigenvalue weighted by Crippen LogP contribution is -2.07. The van der Waals surface area contributed by atoms with Gasteiger partial charge in [0.2, 0.25) is 0 Å². The Hall–Kier alpha value is -1.77. The second-order valence-electron chi connectivity index (χ2n) is 4.00. The largest absolute Gasteiger partial charge is 0.382 e. The number of benzene rings is 1. The average molecular weight is 215 g/mol. The quantitative estimate of drug-likeness (QED) is 0.854. The maximum atomic E-state index is 5.71. The number of hydrogen-bond acceptors (Lipinski definition) is 2. The standard InChI is InChI=1S/C13H17N3/c1-3-12-8-13(14)15-16(12)9-11-7-5-4-6-10(11)2/h4-8H,3,9H2,1-2H3,(H2,14,15). The summed E-state index contributed by atoms with van der Waals surface area (Å²) in [5.41, 5.74) is 9.48. The third-order valence-corrected chi connectivity index (χ3v) is 2.83. The molecule has 1 aromatic heterocycles. The molecular formula is C13H17N3. The van der Waals surface area contributed by atoms with Crippen LogP contribution < -0.4 is 5.73 Å². The van der Waals surface area contributed by atoms with Crippen LogP contribution in [-0.2, 0) is 13.0 Å². The second kappa shape index (κ2) is 4.39. The number of nitrogens with two attached hydrogens (primary N) is 1. The van der Waals surface area contributed by atoms with Crippen LogP contribution in [0, 0.1) is 6.92 Å². The average Bonchev–Trinajstić information content (AvgIpc) is 2.62. The van der Waals surface area contributed by atoms with Crippen LogP contribution in [0.1, 0.15) is 23.7 Å². The Bertz CT molecular complexity index is 486. The molecule has 84 valence electrons. The number of aromatic nitrogens is 2. The van der Waals surface area contributed by atoms with Gasteiger partial charge in [0.15, 0.2) is 0 Å². The van der Waals surface area contributed by atoms with Gasteiger partial charge in [0.1, 0.15) is 5.82 Å². The summed E-state index contributed by atoms with van der Waals surface area (Å²) in [7, 11) is 0. The van der Waals surface area contributed by atoms with Gasteiger partial charge < -0.3 is 5.73 Å². The van der Waals surface area contributed by atoms with E-state index in [1.54, 1.807) is 0 Å². The Kier molecular flexibility index (Phi) is 2.95. The zero-order valence-electron chi connectivity index (χ0n) is 9.77. The van der Waals surface area contributed by atoms with Crippen LogP contribution in [0.5, 0.6) is 0 Å². The van der Waals surface area contributed by atoms with Crippen molar-refractivity contribution in [2.75, 3.05) is 5.73 Å². The number of rotatable bonds is 3. The van der Waals surface area contributed by atoms with Crippen molar-refractivity contribution in [1.29, 1.82) is 0 Å². The molecule has 0 fully saturated rings. The molecule has 0 atom stereocenters. The molecular weight excluding hydrogens is 198 g/mol. The van der Waals surface area contributed by atoms with Gasteiger partial charge in [-0.1, -0.05) is 31.2 Å². The van der Waals surface area contributed by atoms with Gasteiger partial charge in [0.25, 0.3) is 0 Å². The summed E-state index contributed by atoms with van der Waals surface area (Å²) in [4.78, 5) is 0. The zero-order chi connectivity index (χ0) is 11.5. The summed E-state index contributed by atoms with van der Waals surface area (Å²) >= 11 is 0. The lowest BCUT2D eigenvalue weighted by Gasteiger charge is -2.08. The number of anilines is 1. The van der Waals surface area contributed by atoms with Gasteiger partial charge >= 0.3 is 0 Å². The lowest BCUT2D eigenvalue weighted by molar-refractivity contribution is 0.650. The molecule has 0 amide bonds. The maximum absolute atomic E-state index is 5.71. The molecule has 1 aromatic carbocycles. The molecule has 3 heteroatoms. The zero-order valence-corrected chi connectivity index (χ0v) is 9.77. The van der Waals surface area contributed by atoms with E-state index >= 15 is 0 Å². The van der Waals surface area contributed by atoms with Crippen molar-refractivity contribution < 1.29 is 0 Å². The van der Waals surface area contributed by atoms with Gasteiger partial charge in [-0.05, 0) is 24.5 Å². The summed E-state index contributed by atoms with van der Waals surface area (Å²) < 4.78 is 1.98. The Morgan fingerprint density at radius 2 is 2.06 bits per heavy atom. The Balaban J connectivity index is 2.30. The van der Waals surface area contributed by atoms with Gasteiger partial charge in [0.05, 0.1) is 6.54 Å². The molecule has 0 saturated heterocycles. The lowest BCUT2D eigenvalue weighted by atomic mass is 10.1. The normalized spacial score (nSPS) is 10.6. The highest BCUT2D eigenvalue weighted by atomic mass is 15.3. The molecule has 0 bridgehead atoms. The van der Waals surface area contributed by atoms with Gasteiger partial charge in [-0.25, -0.2) is 0 Å². The predicted octanol–water partition coefficient (Wildman–Crippen LogP) is 2.38. The van der Waals surface area contributed by atoms with E-state index in [-0.39, 0.29) is 0 Å². The fraction of sp³-hybridized carbons (Fsp3) is 0.308. The van der Waals surface area contributed by atoms with E-state index in [1.165, 1.54) is 16.8 Å². The minimum atomic E-state index is 0.602. The van der Waals surface area contributed by atoms with Crippen LogP contribution in [0.3, 0.4) is 0 Å². The van der Waals surface area contributed by atoms with Crippen molar-refractivity contribution in [3.8, 4) is 0 Å². The fourth-order valence-electron chi connectivity index (χ4n) is 1.85. The van der Waals surface area contributed by atoms with E-state index < -0.39 is 0 Å². The molecule has 0 saturated carbocycles. The third kappa shape index (κ3) is 2.08.